The van der Waals surface area contributed by atoms with Gasteiger partial charge in [-0.05, 0) is 49.4 Å². The highest BCUT2D eigenvalue weighted by Gasteiger charge is 2.30. The molecule has 3 unspecified atom stereocenters. The quantitative estimate of drug-likeness (QED) is 0.0222. The van der Waals surface area contributed by atoms with Crippen LogP contribution in [0.2, 0.25) is 0 Å². The normalized spacial score (nSPS) is 14.2. The standard InChI is InChI=1S/C72H140O17P2/c1-62(2)48-40-32-24-18-14-10-9-11-16-20-28-38-46-54-71(76)88-67(58-82-69(74)52-44-36-30-22-26-34-42-50-64(5)6)60-86-90(78,79)84-56-66(73)57-85-91(80,81)87-61-68(59-83-70(75)53-45-37-31-23-27-35-43-51-65(7)8)89-72(77)55-47-39-29-21-17-13-12-15-19-25-33-41-49-63(3)4/h62-68,73H,9-61H2,1-8H3,(H,78,79)(H,80,81)/t66?,67-,68-/m1/s1. The Morgan fingerprint density at radius 3 is 0.681 bits per heavy atom. The number of esters is 4. The van der Waals surface area contributed by atoms with Gasteiger partial charge in [-0.1, -0.05) is 306 Å². The van der Waals surface area contributed by atoms with Gasteiger partial charge in [-0.2, -0.15) is 0 Å². The first-order valence-electron chi connectivity index (χ1n) is 37.2. The van der Waals surface area contributed by atoms with Crippen LogP contribution in [0.25, 0.3) is 0 Å². The van der Waals surface area contributed by atoms with Crippen molar-refractivity contribution in [3.05, 3.63) is 0 Å². The fourth-order valence-corrected chi connectivity index (χ4v) is 12.4. The van der Waals surface area contributed by atoms with Crippen LogP contribution in [0.5, 0.6) is 0 Å². The molecule has 5 atom stereocenters. The number of rotatable bonds is 69. The molecule has 0 bridgehead atoms. The fourth-order valence-electron chi connectivity index (χ4n) is 10.8. The molecule has 0 fully saturated rings. The molecule has 0 saturated carbocycles. The lowest BCUT2D eigenvalue weighted by atomic mass is 10.0. The van der Waals surface area contributed by atoms with E-state index in [-0.39, 0.29) is 25.7 Å². The molecule has 0 saturated heterocycles. The van der Waals surface area contributed by atoms with Crippen LogP contribution in [0.15, 0.2) is 0 Å². The van der Waals surface area contributed by atoms with E-state index in [4.69, 9.17) is 37.0 Å². The van der Waals surface area contributed by atoms with Crippen molar-refractivity contribution in [2.45, 2.75) is 375 Å². The molecule has 0 aliphatic carbocycles. The summed E-state index contributed by atoms with van der Waals surface area (Å²) in [6.07, 6.45) is 44.6. The van der Waals surface area contributed by atoms with E-state index < -0.39 is 97.5 Å². The van der Waals surface area contributed by atoms with E-state index in [1.54, 1.807) is 0 Å². The smallest absolute Gasteiger partial charge is 0.462 e. The second kappa shape index (κ2) is 61.6. The average Bonchev–Trinajstić information content (AvgIpc) is 3.66. The zero-order valence-corrected chi connectivity index (χ0v) is 61.3. The molecule has 0 aliphatic heterocycles. The van der Waals surface area contributed by atoms with Gasteiger partial charge in [-0.15, -0.1) is 0 Å². The molecule has 0 rings (SSSR count). The Bertz CT molecular complexity index is 1800. The number of phosphoric ester groups is 2. The molecule has 0 aromatic carbocycles. The molecular weight excluding hydrogens is 1200 g/mol. The summed E-state index contributed by atoms with van der Waals surface area (Å²) < 4.78 is 68.3. The Balaban J connectivity index is 5.24. The van der Waals surface area contributed by atoms with Gasteiger partial charge in [0.15, 0.2) is 12.2 Å². The van der Waals surface area contributed by atoms with Gasteiger partial charge in [0.2, 0.25) is 0 Å². The largest absolute Gasteiger partial charge is 0.472 e. The van der Waals surface area contributed by atoms with Gasteiger partial charge in [0.25, 0.3) is 0 Å². The highest BCUT2D eigenvalue weighted by atomic mass is 31.2. The zero-order chi connectivity index (χ0) is 67.5. The lowest BCUT2D eigenvalue weighted by Gasteiger charge is -2.21. The summed E-state index contributed by atoms with van der Waals surface area (Å²) in [6.45, 7) is 14.1. The number of carbonyl (C=O) groups is 4. The van der Waals surface area contributed by atoms with Crippen LogP contribution < -0.4 is 0 Å². The predicted molar refractivity (Wildman–Crippen MR) is 367 cm³/mol. The van der Waals surface area contributed by atoms with Crippen molar-refractivity contribution in [3.8, 4) is 0 Å². The highest BCUT2D eigenvalue weighted by Crippen LogP contribution is 2.45. The Morgan fingerprint density at radius 1 is 0.275 bits per heavy atom. The predicted octanol–water partition coefficient (Wildman–Crippen LogP) is 20.5. The molecular formula is C72H140O17P2. The summed E-state index contributed by atoms with van der Waals surface area (Å²) >= 11 is 0. The highest BCUT2D eigenvalue weighted by molar-refractivity contribution is 7.47. The van der Waals surface area contributed by atoms with E-state index >= 15 is 0 Å². The van der Waals surface area contributed by atoms with Crippen molar-refractivity contribution < 1.29 is 80.2 Å². The van der Waals surface area contributed by atoms with E-state index in [0.717, 1.165) is 115 Å². The van der Waals surface area contributed by atoms with Crippen LogP contribution in [0, 0.1) is 23.7 Å². The molecule has 0 radical (unpaired) electrons. The minimum absolute atomic E-state index is 0.105. The number of ether oxygens (including phenoxy) is 4. The van der Waals surface area contributed by atoms with Crippen LogP contribution in [0.1, 0.15) is 357 Å². The zero-order valence-electron chi connectivity index (χ0n) is 59.5. The van der Waals surface area contributed by atoms with Crippen molar-refractivity contribution in [1.82, 2.24) is 0 Å². The Morgan fingerprint density at radius 2 is 0.462 bits per heavy atom. The SMILES string of the molecule is CC(C)CCCCCCCCCCCCCCCC(=O)O[C@H](COC(=O)CCCCCCCCCC(C)C)COP(=O)(O)OCC(O)COP(=O)(O)OC[C@@H](COC(=O)CCCCCCCCCC(C)C)OC(=O)CCCCCCCCCCCCCCC(C)C. The van der Waals surface area contributed by atoms with Crippen molar-refractivity contribution in [2.75, 3.05) is 39.6 Å². The number of phosphoric acid groups is 2. The maximum Gasteiger partial charge on any atom is 0.472 e. The summed E-state index contributed by atoms with van der Waals surface area (Å²) in [5.41, 5.74) is 0. The summed E-state index contributed by atoms with van der Waals surface area (Å²) in [5.74, 6) is 0.846. The first-order chi connectivity index (χ1) is 43.6. The van der Waals surface area contributed by atoms with Gasteiger partial charge in [0.05, 0.1) is 26.4 Å². The molecule has 0 heterocycles. The maximum absolute atomic E-state index is 13.0. The number of aliphatic hydroxyl groups excluding tert-OH is 1. The summed E-state index contributed by atoms with van der Waals surface area (Å²) in [6, 6.07) is 0. The monoisotopic (exact) mass is 1340 g/mol. The molecule has 19 heteroatoms. The third-order valence-corrected chi connectivity index (χ3v) is 18.5. The Kier molecular flexibility index (Phi) is 60.3. The third-order valence-electron chi connectivity index (χ3n) is 16.6. The second-order valence-corrected chi connectivity index (χ2v) is 30.8. The molecule has 0 spiro atoms. The Hall–Kier alpha value is -1.94. The van der Waals surface area contributed by atoms with Gasteiger partial charge in [0, 0.05) is 25.7 Å². The first kappa shape index (κ1) is 89.1. The van der Waals surface area contributed by atoms with Gasteiger partial charge in [-0.25, -0.2) is 9.13 Å². The summed E-state index contributed by atoms with van der Waals surface area (Å²) in [5, 5.41) is 10.6. The van der Waals surface area contributed by atoms with Crippen LogP contribution in [0.4, 0.5) is 0 Å². The number of hydrogen-bond donors (Lipinski definition) is 3. The number of carbonyl (C=O) groups excluding carboxylic acids is 4. The minimum Gasteiger partial charge on any atom is -0.462 e. The lowest BCUT2D eigenvalue weighted by molar-refractivity contribution is -0.161. The van der Waals surface area contributed by atoms with Crippen LogP contribution >= 0.6 is 15.6 Å². The molecule has 0 amide bonds. The van der Waals surface area contributed by atoms with E-state index in [1.807, 2.05) is 0 Å². The van der Waals surface area contributed by atoms with Crippen molar-refractivity contribution in [1.29, 1.82) is 0 Å². The molecule has 3 N–H and O–H groups in total. The molecule has 540 valence electrons. The van der Waals surface area contributed by atoms with Crippen molar-refractivity contribution in [3.63, 3.8) is 0 Å². The van der Waals surface area contributed by atoms with Crippen molar-refractivity contribution >= 4 is 39.5 Å². The molecule has 0 aliphatic rings. The van der Waals surface area contributed by atoms with E-state index in [1.165, 1.54) is 148 Å². The maximum atomic E-state index is 13.0. The van der Waals surface area contributed by atoms with Gasteiger partial charge < -0.3 is 33.8 Å². The Labute approximate surface area is 556 Å². The van der Waals surface area contributed by atoms with E-state index in [2.05, 4.69) is 55.4 Å². The minimum atomic E-state index is -4.95. The van der Waals surface area contributed by atoms with Crippen molar-refractivity contribution in [2.24, 2.45) is 23.7 Å². The lowest BCUT2D eigenvalue weighted by Crippen LogP contribution is -2.30. The van der Waals surface area contributed by atoms with E-state index in [9.17, 15) is 43.2 Å². The topological polar surface area (TPSA) is 237 Å². The number of hydrogen-bond acceptors (Lipinski definition) is 15. The molecule has 17 nitrogen and oxygen atoms in total. The number of aliphatic hydroxyl groups is 1. The van der Waals surface area contributed by atoms with Crippen LogP contribution in [-0.4, -0.2) is 96.7 Å². The average molecular weight is 1340 g/mol. The van der Waals surface area contributed by atoms with Crippen LogP contribution in [0.3, 0.4) is 0 Å². The third kappa shape index (κ3) is 66.5. The first-order valence-corrected chi connectivity index (χ1v) is 40.2. The summed E-state index contributed by atoms with van der Waals surface area (Å²) in [7, 11) is -9.91. The second-order valence-electron chi connectivity index (χ2n) is 27.9. The number of unbranched alkanes of at least 4 members (excludes halogenated alkanes) is 35. The van der Waals surface area contributed by atoms with Gasteiger partial charge >= 0.3 is 39.5 Å². The fraction of sp³-hybridized carbons (Fsp3) is 0.944. The van der Waals surface area contributed by atoms with E-state index in [0.29, 0.717) is 37.5 Å². The molecule has 0 aromatic heterocycles. The molecule has 0 aromatic rings. The molecule has 91 heavy (non-hydrogen) atoms. The van der Waals surface area contributed by atoms with Gasteiger partial charge in [0.1, 0.15) is 19.3 Å². The van der Waals surface area contributed by atoms with Crippen LogP contribution in [-0.2, 0) is 65.4 Å². The summed E-state index contributed by atoms with van der Waals surface area (Å²) in [4.78, 5) is 72.6. The van der Waals surface area contributed by atoms with Gasteiger partial charge in [-0.3, -0.25) is 37.3 Å².